The summed E-state index contributed by atoms with van der Waals surface area (Å²) in [6.45, 7) is 1.93. The molecule has 0 radical (unpaired) electrons. The first-order chi connectivity index (χ1) is 6.61. The van der Waals surface area contributed by atoms with Crippen molar-refractivity contribution in [1.29, 1.82) is 0 Å². The number of benzene rings is 1. The number of amides is 1. The van der Waals surface area contributed by atoms with Crippen LogP contribution in [0.1, 0.15) is 30.1 Å². The van der Waals surface area contributed by atoms with Crippen molar-refractivity contribution in [2.75, 3.05) is 0 Å². The molecule has 3 nitrogen and oxygen atoms in total. The minimum atomic E-state index is -0.594. The van der Waals surface area contributed by atoms with Crippen LogP contribution in [0.15, 0.2) is 24.3 Å². The summed E-state index contributed by atoms with van der Waals surface area (Å²) in [6, 6.07) is 7.58. The predicted octanol–water partition coefficient (Wildman–Crippen LogP) is 1.29. The van der Waals surface area contributed by atoms with Crippen molar-refractivity contribution < 1.29 is 9.90 Å². The third-order valence-electron chi connectivity index (χ3n) is 2.21. The van der Waals surface area contributed by atoms with Crippen LogP contribution >= 0.6 is 0 Å². The first-order valence-electron chi connectivity index (χ1n) is 4.63. The van der Waals surface area contributed by atoms with Gasteiger partial charge in [-0.3, -0.25) is 4.79 Å². The molecule has 0 bridgehead atoms. The van der Waals surface area contributed by atoms with Crippen LogP contribution < -0.4 is 5.73 Å². The van der Waals surface area contributed by atoms with E-state index in [4.69, 9.17) is 5.73 Å². The molecule has 1 amide bonds. The maximum Gasteiger partial charge on any atom is 0.217 e. The van der Waals surface area contributed by atoms with E-state index in [1.165, 1.54) is 0 Å². The summed E-state index contributed by atoms with van der Waals surface area (Å²) in [5, 5.41) is 9.74. The number of rotatable bonds is 4. The van der Waals surface area contributed by atoms with Crippen molar-refractivity contribution in [3.63, 3.8) is 0 Å². The number of carbonyl (C=O) groups excluding carboxylic acids is 1. The Labute approximate surface area is 83.6 Å². The highest BCUT2D eigenvalue weighted by Gasteiger charge is 2.10. The van der Waals surface area contributed by atoms with Crippen LogP contribution in [-0.2, 0) is 4.79 Å². The van der Waals surface area contributed by atoms with E-state index in [0.29, 0.717) is 6.42 Å². The molecule has 3 heteroatoms. The Kier molecular flexibility index (Phi) is 3.65. The zero-order valence-electron chi connectivity index (χ0n) is 8.23. The normalized spacial score (nSPS) is 12.4. The van der Waals surface area contributed by atoms with E-state index in [1.807, 2.05) is 31.2 Å². The van der Waals surface area contributed by atoms with Gasteiger partial charge in [0.25, 0.3) is 0 Å². The number of aryl methyl sites for hydroxylation is 1. The lowest BCUT2D eigenvalue weighted by molar-refractivity contribution is -0.118. The summed E-state index contributed by atoms with van der Waals surface area (Å²) < 4.78 is 0. The molecule has 76 valence electrons. The number of aliphatic hydroxyl groups excluding tert-OH is 1. The topological polar surface area (TPSA) is 63.3 Å². The van der Waals surface area contributed by atoms with Gasteiger partial charge >= 0.3 is 0 Å². The fraction of sp³-hybridized carbons (Fsp3) is 0.364. The molecular formula is C11H15NO2. The van der Waals surface area contributed by atoms with Gasteiger partial charge in [-0.1, -0.05) is 24.3 Å². The lowest BCUT2D eigenvalue weighted by Crippen LogP contribution is -2.12. The number of hydrogen-bond donors (Lipinski definition) is 2. The fourth-order valence-corrected chi connectivity index (χ4v) is 1.40. The molecule has 0 aliphatic carbocycles. The Hall–Kier alpha value is -1.35. The lowest BCUT2D eigenvalue weighted by atomic mass is 10.00. The van der Waals surface area contributed by atoms with Gasteiger partial charge in [-0.05, 0) is 24.5 Å². The average Bonchev–Trinajstić information content (AvgIpc) is 2.15. The number of primary amides is 1. The van der Waals surface area contributed by atoms with Crippen molar-refractivity contribution >= 4 is 5.91 Å². The van der Waals surface area contributed by atoms with Gasteiger partial charge in [-0.2, -0.15) is 0 Å². The molecule has 1 aromatic rings. The van der Waals surface area contributed by atoms with Crippen molar-refractivity contribution in [2.24, 2.45) is 5.73 Å². The molecule has 3 N–H and O–H groups in total. The van der Waals surface area contributed by atoms with Gasteiger partial charge in [0.1, 0.15) is 0 Å². The van der Waals surface area contributed by atoms with Crippen LogP contribution in [0.3, 0.4) is 0 Å². The molecule has 0 saturated carbocycles. The highest BCUT2D eigenvalue weighted by atomic mass is 16.3. The molecule has 0 heterocycles. The number of nitrogens with two attached hydrogens (primary N) is 1. The van der Waals surface area contributed by atoms with Crippen LogP contribution in [0, 0.1) is 6.92 Å². The van der Waals surface area contributed by atoms with Gasteiger partial charge in [-0.25, -0.2) is 0 Å². The van der Waals surface area contributed by atoms with E-state index >= 15 is 0 Å². The van der Waals surface area contributed by atoms with Gasteiger partial charge in [-0.15, -0.1) is 0 Å². The highest BCUT2D eigenvalue weighted by Crippen LogP contribution is 2.21. The lowest BCUT2D eigenvalue weighted by Gasteiger charge is -2.12. The van der Waals surface area contributed by atoms with E-state index in [1.54, 1.807) is 0 Å². The van der Waals surface area contributed by atoms with Gasteiger partial charge in [0.05, 0.1) is 6.10 Å². The largest absolute Gasteiger partial charge is 0.388 e. The predicted molar refractivity (Wildman–Crippen MR) is 54.6 cm³/mol. The second kappa shape index (κ2) is 4.77. The van der Waals surface area contributed by atoms with E-state index in [2.05, 4.69) is 0 Å². The summed E-state index contributed by atoms with van der Waals surface area (Å²) in [5.74, 6) is -0.377. The first kappa shape index (κ1) is 10.7. The zero-order chi connectivity index (χ0) is 10.6. The second-order valence-corrected chi connectivity index (χ2v) is 3.38. The first-order valence-corrected chi connectivity index (χ1v) is 4.63. The molecule has 0 aliphatic heterocycles. The van der Waals surface area contributed by atoms with Crippen LogP contribution in [0.4, 0.5) is 0 Å². The zero-order valence-corrected chi connectivity index (χ0v) is 8.23. The Morgan fingerprint density at radius 1 is 1.50 bits per heavy atom. The molecule has 0 saturated heterocycles. The standard InChI is InChI=1S/C11H15NO2/c1-8-4-2-3-5-9(8)10(13)6-7-11(12)14/h2-5,10,13H,6-7H2,1H3,(H2,12,14). The van der Waals surface area contributed by atoms with Crippen molar-refractivity contribution in [2.45, 2.75) is 25.9 Å². The molecule has 14 heavy (non-hydrogen) atoms. The third kappa shape index (κ3) is 2.85. The van der Waals surface area contributed by atoms with Gasteiger partial charge in [0, 0.05) is 6.42 Å². The van der Waals surface area contributed by atoms with E-state index in [9.17, 15) is 9.90 Å². The molecule has 0 fully saturated rings. The van der Waals surface area contributed by atoms with Gasteiger partial charge in [0.15, 0.2) is 0 Å². The van der Waals surface area contributed by atoms with Crippen LogP contribution in [0.5, 0.6) is 0 Å². The molecular weight excluding hydrogens is 178 g/mol. The monoisotopic (exact) mass is 193 g/mol. The minimum absolute atomic E-state index is 0.218. The number of aliphatic hydroxyl groups is 1. The molecule has 1 unspecified atom stereocenters. The van der Waals surface area contributed by atoms with Gasteiger partial charge in [0.2, 0.25) is 5.91 Å². The maximum atomic E-state index is 10.5. The summed E-state index contributed by atoms with van der Waals surface area (Å²) in [5.41, 5.74) is 6.91. The number of hydrogen-bond acceptors (Lipinski definition) is 2. The van der Waals surface area contributed by atoms with Gasteiger partial charge < -0.3 is 10.8 Å². The molecule has 0 spiro atoms. The van der Waals surface area contributed by atoms with Crippen LogP contribution in [0.2, 0.25) is 0 Å². The minimum Gasteiger partial charge on any atom is -0.388 e. The van der Waals surface area contributed by atoms with Crippen molar-refractivity contribution in [1.82, 2.24) is 0 Å². The molecule has 0 aliphatic rings. The highest BCUT2D eigenvalue weighted by molar-refractivity contribution is 5.73. The van der Waals surface area contributed by atoms with E-state index in [0.717, 1.165) is 11.1 Å². The summed E-state index contributed by atoms with van der Waals surface area (Å²) in [7, 11) is 0. The number of carbonyl (C=O) groups is 1. The van der Waals surface area contributed by atoms with E-state index in [-0.39, 0.29) is 12.3 Å². The SMILES string of the molecule is Cc1ccccc1C(O)CCC(N)=O. The Balaban J connectivity index is 2.65. The Morgan fingerprint density at radius 2 is 2.14 bits per heavy atom. The smallest absolute Gasteiger partial charge is 0.217 e. The molecule has 0 aromatic heterocycles. The summed E-state index contributed by atoms with van der Waals surface area (Å²) in [6.07, 6.45) is 0.0130. The van der Waals surface area contributed by atoms with Crippen molar-refractivity contribution in [3.05, 3.63) is 35.4 Å². The Morgan fingerprint density at radius 3 is 2.71 bits per heavy atom. The third-order valence-corrected chi connectivity index (χ3v) is 2.21. The molecule has 1 atom stereocenters. The summed E-state index contributed by atoms with van der Waals surface area (Å²) >= 11 is 0. The quantitative estimate of drug-likeness (QED) is 0.756. The maximum absolute atomic E-state index is 10.5. The summed E-state index contributed by atoms with van der Waals surface area (Å²) in [4.78, 5) is 10.5. The van der Waals surface area contributed by atoms with E-state index < -0.39 is 6.10 Å². The molecule has 1 rings (SSSR count). The second-order valence-electron chi connectivity index (χ2n) is 3.38. The average molecular weight is 193 g/mol. The van der Waals surface area contributed by atoms with Crippen molar-refractivity contribution in [3.8, 4) is 0 Å². The Bertz CT molecular complexity index is 323. The fourth-order valence-electron chi connectivity index (χ4n) is 1.40. The van der Waals surface area contributed by atoms with Crippen LogP contribution in [-0.4, -0.2) is 11.0 Å². The van der Waals surface area contributed by atoms with Crippen LogP contribution in [0.25, 0.3) is 0 Å². The molecule has 1 aromatic carbocycles.